The number of hydrogen-bond acceptors (Lipinski definition) is 3. The van der Waals surface area contributed by atoms with Crippen molar-refractivity contribution in [3.63, 3.8) is 0 Å². The van der Waals surface area contributed by atoms with Crippen molar-refractivity contribution < 1.29 is 25.7 Å². The minimum absolute atomic E-state index is 0.873. The van der Waals surface area contributed by atoms with E-state index in [9.17, 15) is 0 Å². The molecule has 0 spiro atoms. The first-order valence-corrected chi connectivity index (χ1v) is 10.8. The fourth-order valence-electron chi connectivity index (χ4n) is 2.69. The Balaban J connectivity index is 0. The Morgan fingerprint density at radius 1 is 0.545 bits per heavy atom. The number of nitrogens with two attached hydrogens (primary N) is 1. The molecule has 0 aliphatic heterocycles. The van der Waals surface area contributed by atoms with E-state index in [1.165, 1.54) is 103 Å². The maximum absolute atomic E-state index is 8.50. The van der Waals surface area contributed by atoms with Crippen LogP contribution in [-0.4, -0.2) is 6.54 Å². The second kappa shape index (κ2) is 26.2. The van der Waals surface area contributed by atoms with Gasteiger partial charge in [0.25, 0.3) is 0 Å². The molecule has 0 saturated carbocycles. The van der Waals surface area contributed by atoms with E-state index in [0.717, 1.165) is 6.54 Å². The van der Waals surface area contributed by atoms with Crippen LogP contribution in [0.2, 0.25) is 0 Å². The third kappa shape index (κ3) is 28.4. The summed E-state index contributed by atoms with van der Waals surface area (Å²) in [6.45, 7) is 3.16. The van der Waals surface area contributed by atoms with Gasteiger partial charge in [-0.1, -0.05) is 103 Å². The molecule has 0 heterocycles. The Hall–Kier alpha value is 0.274. The summed E-state index contributed by atoms with van der Waals surface area (Å²) < 4.78 is 17.0. The van der Waals surface area contributed by atoms with Crippen LogP contribution in [0.3, 0.4) is 0 Å². The summed E-state index contributed by atoms with van der Waals surface area (Å²) in [5.41, 5.74) is 5.48. The molecule has 132 valence electrons. The molecule has 22 heavy (non-hydrogen) atoms. The van der Waals surface area contributed by atoms with Gasteiger partial charge in [0, 0.05) is 0 Å². The second-order valence-corrected chi connectivity index (χ2v) is 6.44. The summed E-state index contributed by atoms with van der Waals surface area (Å²) in [4.78, 5) is 0. The molecule has 0 amide bonds. The number of unbranched alkanes of at least 4 members (excludes halogenated alkanes) is 15. The monoisotopic (exact) mass is 349 g/mol. The maximum atomic E-state index is 8.50. The molecule has 0 unspecified atom stereocenters. The van der Waals surface area contributed by atoms with Crippen molar-refractivity contribution >= 4 is 0 Å². The molecule has 0 atom stereocenters. The molecule has 0 radical (unpaired) electrons. The third-order valence-corrected chi connectivity index (χ3v) is 4.06. The Kier molecular flexibility index (Phi) is 29.2. The SMILES string of the molecule is CCCCCCCCCCCCCCCCCCN.[O]=[Ti]=[O]. The summed E-state index contributed by atoms with van der Waals surface area (Å²) in [7, 11) is 0. The molecule has 0 fully saturated rings. The molecule has 0 aliphatic carbocycles. The summed E-state index contributed by atoms with van der Waals surface area (Å²) in [6, 6.07) is 0. The average Bonchev–Trinajstić information content (AvgIpc) is 2.52. The quantitative estimate of drug-likeness (QED) is 0.276. The Labute approximate surface area is 147 Å². The molecule has 4 heteroatoms. The predicted octanol–water partition coefficient (Wildman–Crippen LogP) is 5.97. The van der Waals surface area contributed by atoms with Crippen molar-refractivity contribution in [1.29, 1.82) is 0 Å². The van der Waals surface area contributed by atoms with Crippen LogP contribution in [0.4, 0.5) is 0 Å². The minimum atomic E-state index is -2.00. The van der Waals surface area contributed by atoms with E-state index in [-0.39, 0.29) is 0 Å². The molecule has 0 aromatic heterocycles. The summed E-state index contributed by atoms with van der Waals surface area (Å²) in [5, 5.41) is 0. The van der Waals surface area contributed by atoms with Crippen molar-refractivity contribution in [2.75, 3.05) is 6.54 Å². The van der Waals surface area contributed by atoms with Crippen LogP contribution in [0, 0.1) is 0 Å². The van der Waals surface area contributed by atoms with Gasteiger partial charge in [-0.25, -0.2) is 0 Å². The van der Waals surface area contributed by atoms with Crippen molar-refractivity contribution in [2.45, 2.75) is 110 Å². The molecular formula is C18H39NO2Ti. The number of rotatable bonds is 16. The van der Waals surface area contributed by atoms with E-state index in [0.29, 0.717) is 0 Å². The van der Waals surface area contributed by atoms with Gasteiger partial charge in [0.15, 0.2) is 0 Å². The molecule has 0 rings (SSSR count). The molecule has 0 saturated heterocycles. The molecular weight excluding hydrogens is 310 g/mol. The topological polar surface area (TPSA) is 60.2 Å². The Bertz CT molecular complexity index is 203. The van der Waals surface area contributed by atoms with Crippen LogP contribution in [-0.2, 0) is 25.7 Å². The first kappa shape index (κ1) is 24.5. The zero-order chi connectivity index (χ0) is 16.7. The van der Waals surface area contributed by atoms with Gasteiger partial charge in [0.1, 0.15) is 0 Å². The van der Waals surface area contributed by atoms with Gasteiger partial charge < -0.3 is 5.73 Å². The molecule has 0 aliphatic rings. The van der Waals surface area contributed by atoms with E-state index in [1.54, 1.807) is 0 Å². The van der Waals surface area contributed by atoms with E-state index >= 15 is 0 Å². The fourth-order valence-corrected chi connectivity index (χ4v) is 2.69. The zero-order valence-electron chi connectivity index (χ0n) is 14.9. The van der Waals surface area contributed by atoms with Crippen LogP contribution in [0.1, 0.15) is 110 Å². The molecule has 0 bridgehead atoms. The van der Waals surface area contributed by atoms with Gasteiger partial charge in [-0.05, 0) is 13.0 Å². The molecule has 0 aromatic rings. The van der Waals surface area contributed by atoms with Crippen LogP contribution in [0.15, 0.2) is 0 Å². The average molecular weight is 349 g/mol. The Morgan fingerprint density at radius 3 is 1.00 bits per heavy atom. The van der Waals surface area contributed by atoms with E-state index in [1.807, 2.05) is 0 Å². The van der Waals surface area contributed by atoms with Gasteiger partial charge in [-0.2, -0.15) is 0 Å². The van der Waals surface area contributed by atoms with E-state index < -0.39 is 19.1 Å². The fraction of sp³-hybridized carbons (Fsp3) is 1.00. The normalized spacial score (nSPS) is 9.91. The van der Waals surface area contributed by atoms with E-state index in [2.05, 4.69) is 6.92 Å². The van der Waals surface area contributed by atoms with Crippen LogP contribution in [0.5, 0.6) is 0 Å². The van der Waals surface area contributed by atoms with Crippen molar-refractivity contribution in [2.24, 2.45) is 5.73 Å². The van der Waals surface area contributed by atoms with Crippen LogP contribution < -0.4 is 5.73 Å². The van der Waals surface area contributed by atoms with Crippen molar-refractivity contribution in [3.05, 3.63) is 0 Å². The molecule has 2 N–H and O–H groups in total. The van der Waals surface area contributed by atoms with Gasteiger partial charge in [0.05, 0.1) is 0 Å². The van der Waals surface area contributed by atoms with Gasteiger partial charge in [-0.15, -0.1) is 0 Å². The van der Waals surface area contributed by atoms with Crippen molar-refractivity contribution in [3.8, 4) is 0 Å². The molecule has 3 nitrogen and oxygen atoms in total. The second-order valence-electron chi connectivity index (χ2n) is 6.18. The first-order chi connectivity index (χ1) is 10.8. The summed E-state index contributed by atoms with van der Waals surface area (Å²) in [6.07, 6.45) is 22.9. The van der Waals surface area contributed by atoms with Crippen molar-refractivity contribution in [1.82, 2.24) is 0 Å². The zero-order valence-corrected chi connectivity index (χ0v) is 16.5. The summed E-state index contributed by atoms with van der Waals surface area (Å²) in [5.74, 6) is 0. The third-order valence-electron chi connectivity index (χ3n) is 4.06. The first-order valence-electron chi connectivity index (χ1n) is 9.52. The van der Waals surface area contributed by atoms with Gasteiger partial charge in [-0.3, -0.25) is 0 Å². The Morgan fingerprint density at radius 2 is 0.773 bits per heavy atom. The predicted molar refractivity (Wildman–Crippen MR) is 90.0 cm³/mol. The summed E-state index contributed by atoms with van der Waals surface area (Å²) >= 11 is -2.00. The number of hydrogen-bond donors (Lipinski definition) is 1. The van der Waals surface area contributed by atoms with Gasteiger partial charge >= 0.3 is 25.7 Å². The standard InChI is InChI=1S/C18H39N.2O.Ti/c1-2-3-4-5-6-7-8-9-10-11-12-13-14-15-16-17-18-19;;;/h2-19H2,1H3;;;. The van der Waals surface area contributed by atoms with E-state index in [4.69, 9.17) is 12.4 Å². The van der Waals surface area contributed by atoms with Gasteiger partial charge in [0.2, 0.25) is 0 Å². The van der Waals surface area contributed by atoms with Crippen LogP contribution >= 0.6 is 0 Å². The van der Waals surface area contributed by atoms with Crippen LogP contribution in [0.25, 0.3) is 0 Å². The molecule has 0 aromatic carbocycles.